The van der Waals surface area contributed by atoms with Crippen LogP contribution in [-0.2, 0) is 52.3 Å². The van der Waals surface area contributed by atoms with E-state index in [2.05, 4.69) is 31.9 Å². The van der Waals surface area contributed by atoms with Crippen LogP contribution in [0.1, 0.15) is 79.9 Å². The fourth-order valence-electron chi connectivity index (χ4n) is 6.32. The Labute approximate surface area is 389 Å². The molecular weight excluding hydrogens is 865 g/mol. The largest absolute Gasteiger partial charge is 0.537 e. The van der Waals surface area contributed by atoms with E-state index < -0.39 is 26.4 Å². The third-order valence-corrected chi connectivity index (χ3v) is 17.9. The van der Waals surface area contributed by atoms with Crippen LogP contribution in [0.3, 0.4) is 0 Å². The summed E-state index contributed by atoms with van der Waals surface area (Å²) < 4.78 is 69.2. The topological polar surface area (TPSA) is 111 Å². The molecule has 0 radical (unpaired) electrons. The Morgan fingerprint density at radius 2 is 0.703 bits per heavy atom. The van der Waals surface area contributed by atoms with Crippen LogP contribution in [0.5, 0.6) is 17.2 Å². The molecule has 15 heteroatoms. The maximum atomic E-state index is 5.88. The van der Waals surface area contributed by atoms with E-state index in [1.807, 2.05) is 123 Å². The Hall–Kier alpha value is -3.43. The summed E-state index contributed by atoms with van der Waals surface area (Å²) in [6.45, 7) is 35.5. The first-order valence-corrected chi connectivity index (χ1v) is 28.4. The van der Waals surface area contributed by atoms with Crippen LogP contribution >= 0.6 is 0 Å². The van der Waals surface area contributed by atoms with Crippen molar-refractivity contribution < 1.29 is 54.0 Å². The summed E-state index contributed by atoms with van der Waals surface area (Å²) in [5, 5.41) is 0.953. The third kappa shape index (κ3) is 22.7. The molecule has 0 unspecified atom stereocenters. The van der Waals surface area contributed by atoms with E-state index in [1.165, 1.54) is 5.56 Å². The van der Waals surface area contributed by atoms with Crippen LogP contribution in [-0.4, -0.2) is 106 Å². The second kappa shape index (κ2) is 35.8. The lowest BCUT2D eigenvalue weighted by molar-refractivity contribution is 0.0697. The molecule has 0 fully saturated rings. The van der Waals surface area contributed by atoms with E-state index in [1.54, 1.807) is 18.2 Å². The predicted octanol–water partition coefficient (Wildman–Crippen LogP) is 10.1. The lowest BCUT2D eigenvalue weighted by atomic mass is 10.1. The molecule has 0 heterocycles. The van der Waals surface area contributed by atoms with Gasteiger partial charge in [-0.25, -0.2) is 0 Å². The quantitative estimate of drug-likeness (QED) is 0.0420. The van der Waals surface area contributed by atoms with Gasteiger partial charge in [-0.05, 0) is 123 Å². The standard InChI is InChI=1S/C18H30O4Si.C16H26O4Si.C15H24O4Si/c1-5-15-19-18-13-11-17(12-14-18)10-9-16-23(20-6-2,21-7-3)22-8-4;1-5-13-17-16-11-9-15(10-12-16)14-21(18-6-2,19-7-3)20-8-4;1-5-13-16-14-9-11-15(12-10-14)20(17-6-2,18-7-3)19-8-4/h5,11-14H,1,6-10,15-16H2,2-4H3;5,9-12H,1,6-8,13-14H2,2-4H3;5,9-12H,1,6-8,13H2,2-4H3. The van der Waals surface area contributed by atoms with Crippen molar-refractivity contribution in [2.75, 3.05) is 79.3 Å². The van der Waals surface area contributed by atoms with Crippen molar-refractivity contribution in [1.82, 2.24) is 0 Å². The zero-order chi connectivity index (χ0) is 47.4. The summed E-state index contributed by atoms with van der Waals surface area (Å²) in [6, 6.07) is 25.4. The molecule has 0 aromatic heterocycles. The van der Waals surface area contributed by atoms with Gasteiger partial charge >= 0.3 is 26.4 Å². The predicted molar refractivity (Wildman–Crippen MR) is 265 cm³/mol. The molecule has 3 aromatic rings. The summed E-state index contributed by atoms with van der Waals surface area (Å²) >= 11 is 0. The van der Waals surface area contributed by atoms with Gasteiger partial charge in [-0.3, -0.25) is 0 Å². The highest BCUT2D eigenvalue weighted by molar-refractivity contribution is 6.75. The molecule has 64 heavy (non-hydrogen) atoms. The highest BCUT2D eigenvalue weighted by atomic mass is 28.4. The van der Waals surface area contributed by atoms with Gasteiger partial charge in [-0.1, -0.05) is 74.4 Å². The molecule has 0 saturated heterocycles. The zero-order valence-corrected chi connectivity index (χ0v) is 43.5. The first kappa shape index (κ1) is 58.6. The number of ether oxygens (including phenoxy) is 3. The SMILES string of the molecule is C=CCOc1ccc(CCC[Si](OCC)(OCC)OCC)cc1.C=CCOc1ccc(C[Si](OCC)(OCC)OCC)cc1.C=CCOc1ccc([Si](OCC)(OCC)OCC)cc1. The number of hydrogen-bond donors (Lipinski definition) is 0. The van der Waals surface area contributed by atoms with Crippen molar-refractivity contribution in [2.45, 2.75) is 87.2 Å². The maximum absolute atomic E-state index is 5.88. The van der Waals surface area contributed by atoms with E-state index in [9.17, 15) is 0 Å². The Morgan fingerprint density at radius 1 is 0.391 bits per heavy atom. The van der Waals surface area contributed by atoms with Crippen molar-refractivity contribution >= 4 is 31.6 Å². The van der Waals surface area contributed by atoms with Crippen LogP contribution in [0, 0.1) is 0 Å². The molecule has 0 spiro atoms. The normalized spacial score (nSPS) is 11.4. The second-order valence-corrected chi connectivity index (χ2v) is 21.3. The minimum Gasteiger partial charge on any atom is -0.490 e. The fourth-order valence-corrected chi connectivity index (χ4v) is 14.0. The van der Waals surface area contributed by atoms with Gasteiger partial charge in [0, 0.05) is 76.7 Å². The number of hydrogen-bond acceptors (Lipinski definition) is 12. The summed E-state index contributed by atoms with van der Waals surface area (Å²) in [6.07, 6.45) is 7.15. The molecule has 3 rings (SSSR count). The summed E-state index contributed by atoms with van der Waals surface area (Å²) in [5.41, 5.74) is 2.41. The van der Waals surface area contributed by atoms with Crippen molar-refractivity contribution in [3.8, 4) is 17.2 Å². The molecule has 360 valence electrons. The number of aryl methyl sites for hydroxylation is 1. The smallest absolute Gasteiger partial charge is 0.490 e. The molecule has 3 aromatic carbocycles. The average Bonchev–Trinajstić information content (AvgIpc) is 3.29. The first-order chi connectivity index (χ1) is 31.1. The lowest BCUT2D eigenvalue weighted by Crippen LogP contribution is -2.56. The highest BCUT2D eigenvalue weighted by Gasteiger charge is 2.43. The van der Waals surface area contributed by atoms with Crippen LogP contribution in [0.4, 0.5) is 0 Å². The Bertz CT molecular complexity index is 1560. The Kier molecular flexibility index (Phi) is 32.8. The van der Waals surface area contributed by atoms with E-state index in [0.29, 0.717) is 85.3 Å². The van der Waals surface area contributed by atoms with Gasteiger partial charge in [0.2, 0.25) is 0 Å². The van der Waals surface area contributed by atoms with Gasteiger partial charge in [0.25, 0.3) is 0 Å². The van der Waals surface area contributed by atoms with Gasteiger partial charge in [0.05, 0.1) is 0 Å². The van der Waals surface area contributed by atoms with Crippen molar-refractivity contribution in [2.24, 2.45) is 0 Å². The van der Waals surface area contributed by atoms with E-state index in [0.717, 1.165) is 46.9 Å². The Morgan fingerprint density at radius 3 is 1.03 bits per heavy atom. The van der Waals surface area contributed by atoms with Gasteiger partial charge < -0.3 is 54.0 Å². The van der Waals surface area contributed by atoms with Gasteiger partial charge in [0.15, 0.2) is 0 Å². The van der Waals surface area contributed by atoms with Crippen molar-refractivity contribution in [1.29, 1.82) is 0 Å². The average molecular weight is 945 g/mol. The third-order valence-electron chi connectivity index (χ3n) is 8.72. The minimum atomic E-state index is -2.80. The number of benzene rings is 3. The fraction of sp³-hybridized carbons (Fsp3) is 0.510. The molecule has 0 N–H and O–H groups in total. The molecule has 0 saturated carbocycles. The van der Waals surface area contributed by atoms with Crippen molar-refractivity contribution in [3.63, 3.8) is 0 Å². The molecule has 12 nitrogen and oxygen atoms in total. The molecule has 0 aliphatic carbocycles. The van der Waals surface area contributed by atoms with Gasteiger partial charge in [-0.2, -0.15) is 0 Å². The Balaban J connectivity index is 0.000000481. The molecule has 0 aliphatic heterocycles. The summed E-state index contributed by atoms with van der Waals surface area (Å²) in [4.78, 5) is 0. The second-order valence-electron chi connectivity index (χ2n) is 13.5. The lowest BCUT2D eigenvalue weighted by Gasteiger charge is -2.28. The van der Waals surface area contributed by atoms with Crippen molar-refractivity contribution in [3.05, 3.63) is 122 Å². The highest BCUT2D eigenvalue weighted by Crippen LogP contribution is 2.22. The zero-order valence-electron chi connectivity index (χ0n) is 40.5. The molecule has 0 amide bonds. The van der Waals surface area contributed by atoms with Crippen LogP contribution < -0.4 is 19.4 Å². The minimum absolute atomic E-state index is 0.490. The number of rotatable bonds is 34. The molecule has 0 bridgehead atoms. The molecule has 0 aliphatic rings. The summed E-state index contributed by atoms with van der Waals surface area (Å²) in [5.74, 6) is 2.49. The molecular formula is C49H80O12Si3. The monoisotopic (exact) mass is 944 g/mol. The van der Waals surface area contributed by atoms with E-state index in [-0.39, 0.29) is 0 Å². The van der Waals surface area contributed by atoms with Crippen LogP contribution in [0.2, 0.25) is 6.04 Å². The van der Waals surface area contributed by atoms with Crippen LogP contribution in [0.25, 0.3) is 0 Å². The van der Waals surface area contributed by atoms with Gasteiger partial charge in [0.1, 0.15) is 37.1 Å². The van der Waals surface area contributed by atoms with Crippen LogP contribution in [0.15, 0.2) is 111 Å². The first-order valence-electron chi connectivity index (χ1n) is 22.9. The van der Waals surface area contributed by atoms with E-state index in [4.69, 9.17) is 54.0 Å². The van der Waals surface area contributed by atoms with Gasteiger partial charge in [-0.15, -0.1) is 0 Å². The van der Waals surface area contributed by atoms with E-state index >= 15 is 0 Å². The molecule has 0 atom stereocenters. The summed E-state index contributed by atoms with van der Waals surface area (Å²) in [7, 11) is -7.95. The maximum Gasteiger partial charge on any atom is 0.537 e.